The van der Waals surface area contributed by atoms with Crippen LogP contribution in [-0.2, 0) is 4.79 Å². The molecule has 2 N–H and O–H groups in total. The van der Waals surface area contributed by atoms with Crippen LogP contribution in [0.5, 0.6) is 0 Å². The smallest absolute Gasteiger partial charge is 0.272 e. The first-order valence-corrected chi connectivity index (χ1v) is 9.73. The summed E-state index contributed by atoms with van der Waals surface area (Å²) in [6.45, 7) is 1.78. The van der Waals surface area contributed by atoms with Gasteiger partial charge in [0, 0.05) is 10.5 Å². The van der Waals surface area contributed by atoms with Gasteiger partial charge in [0.15, 0.2) is 0 Å². The molecule has 132 valence electrons. The van der Waals surface area contributed by atoms with Crippen LogP contribution < -0.4 is 10.9 Å². The molecule has 0 unspecified atom stereocenters. The van der Waals surface area contributed by atoms with Crippen LogP contribution in [0.1, 0.15) is 15.4 Å². The van der Waals surface area contributed by atoms with Crippen molar-refractivity contribution in [3.63, 3.8) is 0 Å². The van der Waals surface area contributed by atoms with Gasteiger partial charge in [0.2, 0.25) is 5.91 Å². The number of hydrazine groups is 1. The number of rotatable bonds is 5. The van der Waals surface area contributed by atoms with E-state index in [1.165, 1.54) is 23.1 Å². The quantitative estimate of drug-likeness (QED) is 0.521. The number of thiazole rings is 1. The second-order valence-electron chi connectivity index (χ2n) is 5.40. The summed E-state index contributed by atoms with van der Waals surface area (Å²) >= 11 is 2.71. The molecule has 7 heteroatoms. The third kappa shape index (κ3) is 4.71. The molecule has 1 aromatic heterocycles. The van der Waals surface area contributed by atoms with Gasteiger partial charge in [0.1, 0.15) is 9.88 Å². The minimum Gasteiger partial charge on any atom is -0.272 e. The number of amides is 2. The summed E-state index contributed by atoms with van der Waals surface area (Å²) in [5.41, 5.74) is 6.51. The molecule has 0 radical (unpaired) electrons. The summed E-state index contributed by atoms with van der Waals surface area (Å²) in [5, 5.41) is 0.777. The number of benzene rings is 2. The first-order chi connectivity index (χ1) is 12.6. The van der Waals surface area contributed by atoms with Gasteiger partial charge in [0.25, 0.3) is 5.91 Å². The van der Waals surface area contributed by atoms with Crippen LogP contribution in [0, 0.1) is 6.92 Å². The zero-order chi connectivity index (χ0) is 18.4. The lowest BCUT2D eigenvalue weighted by Gasteiger charge is -2.06. The fourth-order valence-corrected chi connectivity index (χ4v) is 3.88. The molecular weight excluding hydrogens is 366 g/mol. The summed E-state index contributed by atoms with van der Waals surface area (Å²) in [5.74, 6) is -0.404. The van der Waals surface area contributed by atoms with E-state index in [-0.39, 0.29) is 17.6 Å². The molecule has 5 nitrogen and oxygen atoms in total. The second-order valence-corrected chi connectivity index (χ2v) is 7.45. The van der Waals surface area contributed by atoms with E-state index in [9.17, 15) is 9.59 Å². The number of aromatic nitrogens is 1. The van der Waals surface area contributed by atoms with Gasteiger partial charge in [-0.05, 0) is 19.1 Å². The Labute approximate surface area is 159 Å². The molecule has 2 amide bonds. The highest BCUT2D eigenvalue weighted by molar-refractivity contribution is 8.00. The Bertz CT molecular complexity index is 896. The predicted octanol–water partition coefficient (Wildman–Crippen LogP) is 3.67. The van der Waals surface area contributed by atoms with Crippen LogP contribution in [-0.4, -0.2) is 22.6 Å². The number of hydrogen-bond donors (Lipinski definition) is 2. The summed E-state index contributed by atoms with van der Waals surface area (Å²) in [6, 6.07) is 19.3. The lowest BCUT2D eigenvalue weighted by molar-refractivity contribution is -0.119. The Morgan fingerprint density at radius 2 is 1.65 bits per heavy atom. The fraction of sp³-hybridized carbons (Fsp3) is 0.105. The number of carbonyl (C=O) groups excluding carboxylic acids is 2. The number of nitrogens with zero attached hydrogens (tertiary/aromatic N) is 1. The predicted molar refractivity (Wildman–Crippen MR) is 105 cm³/mol. The van der Waals surface area contributed by atoms with Crippen LogP contribution in [0.4, 0.5) is 0 Å². The summed E-state index contributed by atoms with van der Waals surface area (Å²) in [6.07, 6.45) is 0. The molecule has 0 aliphatic carbocycles. The zero-order valence-electron chi connectivity index (χ0n) is 14.1. The Kier molecular flexibility index (Phi) is 6.04. The summed E-state index contributed by atoms with van der Waals surface area (Å²) < 4.78 is 0. The van der Waals surface area contributed by atoms with Gasteiger partial charge in [-0.15, -0.1) is 23.1 Å². The fourth-order valence-electron chi connectivity index (χ4n) is 2.20. The number of aryl methyl sites for hydroxylation is 1. The van der Waals surface area contributed by atoms with Crippen molar-refractivity contribution in [1.29, 1.82) is 0 Å². The molecule has 0 saturated heterocycles. The highest BCUT2D eigenvalue weighted by Crippen LogP contribution is 2.27. The number of carbonyl (C=O) groups is 2. The molecule has 26 heavy (non-hydrogen) atoms. The minimum atomic E-state index is -0.361. The lowest BCUT2D eigenvalue weighted by Crippen LogP contribution is -2.42. The molecule has 1 heterocycles. The maximum atomic E-state index is 12.3. The zero-order valence-corrected chi connectivity index (χ0v) is 15.7. The first-order valence-electron chi connectivity index (χ1n) is 7.93. The van der Waals surface area contributed by atoms with Gasteiger partial charge in [-0.2, -0.15) is 0 Å². The van der Waals surface area contributed by atoms with Crippen molar-refractivity contribution < 1.29 is 9.59 Å². The van der Waals surface area contributed by atoms with Gasteiger partial charge in [0.05, 0.1) is 11.4 Å². The molecule has 3 aromatic rings. The first kappa shape index (κ1) is 18.2. The average molecular weight is 383 g/mol. The normalized spacial score (nSPS) is 10.3. The topological polar surface area (TPSA) is 71.1 Å². The van der Waals surface area contributed by atoms with Crippen molar-refractivity contribution in [1.82, 2.24) is 15.8 Å². The molecule has 3 rings (SSSR count). The second kappa shape index (κ2) is 8.64. The van der Waals surface area contributed by atoms with E-state index in [0.717, 1.165) is 15.5 Å². The summed E-state index contributed by atoms with van der Waals surface area (Å²) in [7, 11) is 0. The third-order valence-corrected chi connectivity index (χ3v) is 5.67. The maximum absolute atomic E-state index is 12.3. The molecule has 0 atom stereocenters. The van der Waals surface area contributed by atoms with Gasteiger partial charge in [-0.1, -0.05) is 48.5 Å². The van der Waals surface area contributed by atoms with Crippen molar-refractivity contribution in [2.24, 2.45) is 0 Å². The highest BCUT2D eigenvalue weighted by Gasteiger charge is 2.16. The largest absolute Gasteiger partial charge is 0.281 e. The molecule has 0 aliphatic heterocycles. The average Bonchev–Trinajstić information content (AvgIpc) is 3.08. The standard InChI is InChI=1S/C19H17N3O2S2/c1-13-17(26-19(20-13)14-8-4-2-5-9-14)18(24)22-21-16(23)12-25-15-10-6-3-7-11-15/h2-11H,12H2,1H3,(H,21,23)(H,22,24). The van der Waals surface area contributed by atoms with Crippen LogP contribution in [0.2, 0.25) is 0 Å². The van der Waals surface area contributed by atoms with Crippen molar-refractivity contribution >= 4 is 34.9 Å². The molecule has 0 spiro atoms. The van der Waals surface area contributed by atoms with Crippen molar-refractivity contribution in [2.75, 3.05) is 5.75 Å². The van der Waals surface area contributed by atoms with Crippen molar-refractivity contribution in [3.05, 3.63) is 71.2 Å². The number of thioether (sulfide) groups is 1. The molecule has 0 bridgehead atoms. The van der Waals surface area contributed by atoms with E-state index in [2.05, 4.69) is 15.8 Å². The van der Waals surface area contributed by atoms with E-state index in [1.807, 2.05) is 60.7 Å². The maximum Gasteiger partial charge on any atom is 0.281 e. The molecular formula is C19H17N3O2S2. The van der Waals surface area contributed by atoms with Gasteiger partial charge in [-0.25, -0.2) is 4.98 Å². The molecule has 0 saturated carbocycles. The summed E-state index contributed by atoms with van der Waals surface area (Å²) in [4.78, 5) is 30.2. The van der Waals surface area contributed by atoms with Crippen LogP contribution in [0.3, 0.4) is 0 Å². The molecule has 0 aliphatic rings. The van der Waals surface area contributed by atoms with E-state index in [0.29, 0.717) is 10.6 Å². The third-order valence-electron chi connectivity index (χ3n) is 3.45. The molecule has 2 aromatic carbocycles. The Morgan fingerprint density at radius 1 is 1.00 bits per heavy atom. The lowest BCUT2D eigenvalue weighted by atomic mass is 10.2. The number of hydrogen-bond acceptors (Lipinski definition) is 5. The van der Waals surface area contributed by atoms with E-state index in [1.54, 1.807) is 6.92 Å². The molecule has 0 fully saturated rings. The number of nitrogens with one attached hydrogen (secondary N) is 2. The van der Waals surface area contributed by atoms with Gasteiger partial charge >= 0.3 is 0 Å². The Hall–Kier alpha value is -2.64. The van der Waals surface area contributed by atoms with E-state index < -0.39 is 0 Å². The Balaban J connectivity index is 1.55. The van der Waals surface area contributed by atoms with Gasteiger partial charge < -0.3 is 0 Å². The Morgan fingerprint density at radius 3 is 2.35 bits per heavy atom. The van der Waals surface area contributed by atoms with Crippen molar-refractivity contribution in [3.8, 4) is 10.6 Å². The highest BCUT2D eigenvalue weighted by atomic mass is 32.2. The van der Waals surface area contributed by atoms with Crippen LogP contribution in [0.15, 0.2) is 65.6 Å². The van der Waals surface area contributed by atoms with E-state index in [4.69, 9.17) is 0 Å². The van der Waals surface area contributed by atoms with Crippen molar-refractivity contribution in [2.45, 2.75) is 11.8 Å². The van der Waals surface area contributed by atoms with E-state index >= 15 is 0 Å². The monoisotopic (exact) mass is 383 g/mol. The van der Waals surface area contributed by atoms with Crippen LogP contribution in [0.25, 0.3) is 10.6 Å². The van der Waals surface area contributed by atoms with Gasteiger partial charge in [-0.3, -0.25) is 20.4 Å². The van der Waals surface area contributed by atoms with Crippen LogP contribution >= 0.6 is 23.1 Å². The SMILES string of the molecule is Cc1nc(-c2ccccc2)sc1C(=O)NNC(=O)CSc1ccccc1. The minimum absolute atomic E-state index is 0.223.